The van der Waals surface area contributed by atoms with E-state index in [2.05, 4.69) is 4.99 Å². The van der Waals surface area contributed by atoms with Crippen molar-refractivity contribution in [3.63, 3.8) is 0 Å². The summed E-state index contributed by atoms with van der Waals surface area (Å²) in [5, 5.41) is 0. The van der Waals surface area contributed by atoms with Gasteiger partial charge in [-0.25, -0.2) is 9.89 Å². The third-order valence-corrected chi connectivity index (χ3v) is 3.05. The SMILES string of the molecule is O=C1CC(=Nc2ccccc2)C(=O)N1c1ccccc1. The second-order valence-corrected chi connectivity index (χ2v) is 4.44. The van der Waals surface area contributed by atoms with Crippen LogP contribution in [0.3, 0.4) is 0 Å². The van der Waals surface area contributed by atoms with Crippen molar-refractivity contribution in [2.24, 2.45) is 4.99 Å². The molecule has 1 aliphatic rings. The number of amides is 2. The summed E-state index contributed by atoms with van der Waals surface area (Å²) >= 11 is 0. The molecule has 0 aliphatic carbocycles. The molecular formula is C16H12N2O2. The Morgan fingerprint density at radius 2 is 1.45 bits per heavy atom. The highest BCUT2D eigenvalue weighted by Gasteiger charge is 2.36. The maximum atomic E-state index is 12.3. The van der Waals surface area contributed by atoms with Gasteiger partial charge in [-0.3, -0.25) is 9.59 Å². The second kappa shape index (κ2) is 5.09. The minimum absolute atomic E-state index is 0.0443. The van der Waals surface area contributed by atoms with Gasteiger partial charge in [0.1, 0.15) is 5.71 Å². The van der Waals surface area contributed by atoms with Crippen molar-refractivity contribution in [1.82, 2.24) is 0 Å². The number of hydrogen-bond donors (Lipinski definition) is 0. The monoisotopic (exact) mass is 264 g/mol. The molecule has 0 atom stereocenters. The van der Waals surface area contributed by atoms with E-state index < -0.39 is 0 Å². The lowest BCUT2D eigenvalue weighted by Gasteiger charge is -2.12. The van der Waals surface area contributed by atoms with Crippen LogP contribution in [0.1, 0.15) is 6.42 Å². The molecule has 0 spiro atoms. The molecule has 4 heteroatoms. The molecule has 2 aromatic rings. The van der Waals surface area contributed by atoms with Crippen molar-refractivity contribution in [2.75, 3.05) is 4.90 Å². The van der Waals surface area contributed by atoms with E-state index in [9.17, 15) is 9.59 Å². The molecule has 0 bridgehead atoms. The summed E-state index contributed by atoms with van der Waals surface area (Å²) in [5.74, 6) is -0.582. The second-order valence-electron chi connectivity index (χ2n) is 4.44. The molecule has 1 heterocycles. The molecule has 4 nitrogen and oxygen atoms in total. The van der Waals surface area contributed by atoms with Crippen LogP contribution in [0.25, 0.3) is 0 Å². The van der Waals surface area contributed by atoms with Crippen LogP contribution in [0.2, 0.25) is 0 Å². The van der Waals surface area contributed by atoms with Crippen molar-refractivity contribution in [3.8, 4) is 0 Å². The maximum Gasteiger partial charge on any atom is 0.279 e. The van der Waals surface area contributed by atoms with Crippen molar-refractivity contribution < 1.29 is 9.59 Å². The van der Waals surface area contributed by atoms with Crippen LogP contribution < -0.4 is 4.90 Å². The molecule has 0 N–H and O–H groups in total. The Kier molecular flexibility index (Phi) is 3.13. The summed E-state index contributed by atoms with van der Waals surface area (Å²) in [6.07, 6.45) is 0.0443. The molecule has 0 aromatic heterocycles. The first kappa shape index (κ1) is 12.3. The molecule has 3 rings (SSSR count). The van der Waals surface area contributed by atoms with Crippen LogP contribution in [-0.4, -0.2) is 17.5 Å². The fraction of sp³-hybridized carbons (Fsp3) is 0.0625. The number of nitrogens with zero attached hydrogens (tertiary/aromatic N) is 2. The molecule has 0 radical (unpaired) electrons. The summed E-state index contributed by atoms with van der Waals surface area (Å²) < 4.78 is 0. The Hall–Kier alpha value is -2.75. The number of rotatable bonds is 2. The molecule has 20 heavy (non-hydrogen) atoms. The zero-order valence-corrected chi connectivity index (χ0v) is 10.7. The fourth-order valence-corrected chi connectivity index (χ4v) is 2.12. The van der Waals surface area contributed by atoms with Crippen molar-refractivity contribution >= 4 is 28.9 Å². The number of para-hydroxylation sites is 2. The van der Waals surface area contributed by atoms with Crippen LogP contribution in [0.15, 0.2) is 65.7 Å². The van der Waals surface area contributed by atoms with Gasteiger partial charge in [0.05, 0.1) is 17.8 Å². The highest BCUT2D eigenvalue weighted by atomic mass is 16.2. The molecule has 0 saturated carbocycles. The van der Waals surface area contributed by atoms with E-state index in [0.717, 1.165) is 0 Å². The summed E-state index contributed by atoms with van der Waals surface area (Å²) in [4.78, 5) is 29.8. The average Bonchev–Trinajstić information content (AvgIpc) is 2.75. The number of carbonyl (C=O) groups excluding carboxylic acids is 2. The van der Waals surface area contributed by atoms with E-state index in [-0.39, 0.29) is 23.9 Å². The number of aliphatic imine (C=N–C) groups is 1. The van der Waals surface area contributed by atoms with Crippen molar-refractivity contribution in [3.05, 3.63) is 60.7 Å². The van der Waals surface area contributed by atoms with Gasteiger partial charge in [0.2, 0.25) is 5.91 Å². The first-order valence-electron chi connectivity index (χ1n) is 6.30. The Labute approximate surface area is 116 Å². The first-order chi connectivity index (χ1) is 9.75. The van der Waals surface area contributed by atoms with Gasteiger partial charge < -0.3 is 0 Å². The minimum Gasteiger partial charge on any atom is -0.274 e. The van der Waals surface area contributed by atoms with Gasteiger partial charge in [-0.05, 0) is 24.3 Å². The van der Waals surface area contributed by atoms with E-state index >= 15 is 0 Å². The third-order valence-electron chi connectivity index (χ3n) is 3.05. The van der Waals surface area contributed by atoms with Gasteiger partial charge in [0.15, 0.2) is 0 Å². The lowest BCUT2D eigenvalue weighted by atomic mass is 10.3. The lowest BCUT2D eigenvalue weighted by Crippen LogP contribution is -2.30. The Bertz CT molecular complexity index is 678. The molecule has 1 saturated heterocycles. The zero-order chi connectivity index (χ0) is 13.9. The number of carbonyl (C=O) groups is 2. The quantitative estimate of drug-likeness (QED) is 0.783. The molecule has 1 aliphatic heterocycles. The van der Waals surface area contributed by atoms with Gasteiger partial charge in [0.25, 0.3) is 5.91 Å². The zero-order valence-electron chi connectivity index (χ0n) is 10.7. The maximum absolute atomic E-state index is 12.3. The normalized spacial score (nSPS) is 17.0. The Morgan fingerprint density at radius 1 is 0.850 bits per heavy atom. The summed E-state index contributed by atoms with van der Waals surface area (Å²) in [6.45, 7) is 0. The largest absolute Gasteiger partial charge is 0.279 e. The molecule has 98 valence electrons. The summed E-state index contributed by atoms with van der Waals surface area (Å²) in [5.41, 5.74) is 1.55. The predicted molar refractivity (Wildman–Crippen MR) is 77.1 cm³/mol. The number of anilines is 1. The van der Waals surface area contributed by atoms with E-state index in [1.54, 1.807) is 36.4 Å². The van der Waals surface area contributed by atoms with Crippen LogP contribution >= 0.6 is 0 Å². The van der Waals surface area contributed by atoms with Gasteiger partial charge in [0, 0.05) is 0 Å². The molecule has 0 unspecified atom stereocenters. The van der Waals surface area contributed by atoms with Crippen LogP contribution in [0.4, 0.5) is 11.4 Å². The Balaban J connectivity index is 1.93. The predicted octanol–water partition coefficient (Wildman–Crippen LogP) is 2.72. The van der Waals surface area contributed by atoms with Gasteiger partial charge in [-0.1, -0.05) is 36.4 Å². The number of benzene rings is 2. The van der Waals surface area contributed by atoms with Crippen molar-refractivity contribution in [2.45, 2.75) is 6.42 Å². The van der Waals surface area contributed by atoms with Crippen molar-refractivity contribution in [1.29, 1.82) is 0 Å². The van der Waals surface area contributed by atoms with Crippen LogP contribution in [0.5, 0.6) is 0 Å². The van der Waals surface area contributed by atoms with Gasteiger partial charge >= 0.3 is 0 Å². The molecular weight excluding hydrogens is 252 g/mol. The molecule has 1 fully saturated rings. The van der Waals surface area contributed by atoms with E-state index in [4.69, 9.17) is 0 Å². The fourth-order valence-electron chi connectivity index (χ4n) is 2.12. The smallest absolute Gasteiger partial charge is 0.274 e. The highest BCUT2D eigenvalue weighted by Crippen LogP contribution is 2.22. The van der Waals surface area contributed by atoms with Gasteiger partial charge in [-0.15, -0.1) is 0 Å². The van der Waals surface area contributed by atoms with Crippen LogP contribution in [-0.2, 0) is 9.59 Å². The summed E-state index contributed by atoms with van der Waals surface area (Å²) in [6, 6.07) is 18.1. The van der Waals surface area contributed by atoms with Crippen LogP contribution in [0, 0.1) is 0 Å². The van der Waals surface area contributed by atoms with Gasteiger partial charge in [-0.2, -0.15) is 0 Å². The highest BCUT2D eigenvalue weighted by molar-refractivity contribution is 6.56. The minimum atomic E-state index is -0.343. The number of hydrogen-bond acceptors (Lipinski definition) is 3. The summed E-state index contributed by atoms with van der Waals surface area (Å²) in [7, 11) is 0. The Morgan fingerprint density at radius 3 is 2.10 bits per heavy atom. The number of imide groups is 1. The van der Waals surface area contributed by atoms with E-state index in [0.29, 0.717) is 11.4 Å². The topological polar surface area (TPSA) is 49.7 Å². The lowest BCUT2D eigenvalue weighted by molar-refractivity contribution is -0.120. The molecule has 2 amide bonds. The average molecular weight is 264 g/mol. The van der Waals surface area contributed by atoms with E-state index in [1.165, 1.54) is 4.90 Å². The molecule has 2 aromatic carbocycles. The first-order valence-corrected chi connectivity index (χ1v) is 6.30. The standard InChI is InChI=1S/C16H12N2O2/c19-15-11-14(17-12-7-3-1-4-8-12)16(20)18(15)13-9-5-2-6-10-13/h1-10H,11H2. The van der Waals surface area contributed by atoms with E-state index in [1.807, 2.05) is 24.3 Å². The third kappa shape index (κ3) is 2.23.